The monoisotopic (exact) mass is 249 g/mol. The normalized spacial score (nSPS) is 11.7. The zero-order chi connectivity index (χ0) is 10.6. The summed E-state index contributed by atoms with van der Waals surface area (Å²) in [5.41, 5.74) is 6.44. The van der Waals surface area contributed by atoms with Crippen molar-refractivity contribution in [1.82, 2.24) is 4.98 Å². The molecule has 0 fully saturated rings. The van der Waals surface area contributed by atoms with Gasteiger partial charge in [-0.05, 0) is 13.3 Å². The fraction of sp³-hybridized carbons (Fsp3) is 0.556. The molecule has 1 unspecified atom stereocenters. The molecule has 0 aliphatic rings. The van der Waals surface area contributed by atoms with Crippen molar-refractivity contribution in [1.29, 1.82) is 0 Å². The van der Waals surface area contributed by atoms with Crippen molar-refractivity contribution >= 4 is 34.8 Å². The summed E-state index contributed by atoms with van der Waals surface area (Å²) >= 11 is 1.44. The van der Waals surface area contributed by atoms with Gasteiger partial charge in [-0.1, -0.05) is 13.3 Å². The molecule has 1 atom stereocenters. The van der Waals surface area contributed by atoms with Crippen LogP contribution in [0.25, 0.3) is 0 Å². The first-order valence-corrected chi connectivity index (χ1v) is 5.52. The lowest BCUT2D eigenvalue weighted by molar-refractivity contribution is -0.117. The summed E-state index contributed by atoms with van der Waals surface area (Å²) in [7, 11) is 0. The number of anilines is 1. The van der Waals surface area contributed by atoms with Crippen LogP contribution in [0.2, 0.25) is 0 Å². The van der Waals surface area contributed by atoms with Crippen molar-refractivity contribution in [2.75, 3.05) is 5.32 Å². The lowest BCUT2D eigenvalue weighted by Gasteiger charge is -2.03. The number of carbonyl (C=O) groups is 1. The van der Waals surface area contributed by atoms with Gasteiger partial charge in [-0.25, -0.2) is 4.98 Å². The van der Waals surface area contributed by atoms with Gasteiger partial charge in [0.05, 0.1) is 11.7 Å². The van der Waals surface area contributed by atoms with Gasteiger partial charge in [0.1, 0.15) is 0 Å². The number of thiazole rings is 1. The van der Waals surface area contributed by atoms with Crippen molar-refractivity contribution in [2.45, 2.75) is 32.7 Å². The van der Waals surface area contributed by atoms with Gasteiger partial charge < -0.3 is 11.1 Å². The molecular formula is C9H16ClN3OS. The van der Waals surface area contributed by atoms with Crippen LogP contribution in [0.4, 0.5) is 5.13 Å². The highest BCUT2D eigenvalue weighted by atomic mass is 35.5. The maximum Gasteiger partial charge on any atom is 0.242 e. The fourth-order valence-electron chi connectivity index (χ4n) is 0.955. The number of rotatable bonds is 4. The van der Waals surface area contributed by atoms with Gasteiger partial charge >= 0.3 is 0 Å². The van der Waals surface area contributed by atoms with Gasteiger partial charge in [0.25, 0.3) is 0 Å². The number of hydrogen-bond acceptors (Lipinski definition) is 4. The van der Waals surface area contributed by atoms with Gasteiger partial charge in [0.15, 0.2) is 5.13 Å². The minimum Gasteiger partial charge on any atom is -0.320 e. The Hall–Kier alpha value is -0.650. The minimum absolute atomic E-state index is 0. The smallest absolute Gasteiger partial charge is 0.242 e. The maximum absolute atomic E-state index is 11.2. The van der Waals surface area contributed by atoms with E-state index < -0.39 is 6.04 Å². The largest absolute Gasteiger partial charge is 0.320 e. The number of nitrogens with zero attached hydrogens (tertiary/aromatic N) is 1. The number of halogens is 1. The van der Waals surface area contributed by atoms with Crippen LogP contribution in [0.15, 0.2) is 5.38 Å². The topological polar surface area (TPSA) is 68.0 Å². The Morgan fingerprint density at radius 3 is 2.93 bits per heavy atom. The zero-order valence-electron chi connectivity index (χ0n) is 8.82. The lowest BCUT2D eigenvalue weighted by atomic mass is 10.3. The third kappa shape index (κ3) is 4.59. The summed E-state index contributed by atoms with van der Waals surface area (Å²) in [5, 5.41) is 5.26. The SMILES string of the molecule is CCCc1csc(NC(=O)C(C)N)n1.Cl. The van der Waals surface area contributed by atoms with E-state index in [1.807, 2.05) is 5.38 Å². The molecule has 0 radical (unpaired) electrons. The number of nitrogens with one attached hydrogen (secondary N) is 1. The molecule has 0 aromatic carbocycles. The summed E-state index contributed by atoms with van der Waals surface area (Å²) in [6.45, 7) is 3.75. The Morgan fingerprint density at radius 2 is 2.40 bits per heavy atom. The van der Waals surface area contributed by atoms with Crippen LogP contribution in [0, 0.1) is 0 Å². The van der Waals surface area contributed by atoms with Crippen LogP contribution in [0.5, 0.6) is 0 Å². The molecule has 1 aromatic rings. The van der Waals surface area contributed by atoms with Gasteiger partial charge in [-0.2, -0.15) is 0 Å². The Bertz CT molecular complexity index is 314. The van der Waals surface area contributed by atoms with Crippen molar-refractivity contribution in [3.05, 3.63) is 11.1 Å². The number of aryl methyl sites for hydroxylation is 1. The predicted octanol–water partition coefficient (Wildman–Crippen LogP) is 1.80. The molecule has 6 heteroatoms. The average Bonchev–Trinajstić information content (AvgIpc) is 2.53. The van der Waals surface area contributed by atoms with Crippen LogP contribution in [-0.4, -0.2) is 16.9 Å². The third-order valence-electron chi connectivity index (χ3n) is 1.70. The van der Waals surface area contributed by atoms with Gasteiger partial charge in [0, 0.05) is 5.38 Å². The van der Waals surface area contributed by atoms with E-state index in [2.05, 4.69) is 17.2 Å². The molecule has 15 heavy (non-hydrogen) atoms. The molecule has 0 saturated carbocycles. The highest BCUT2D eigenvalue weighted by Gasteiger charge is 2.09. The Morgan fingerprint density at radius 1 is 1.73 bits per heavy atom. The van der Waals surface area contributed by atoms with E-state index in [0.717, 1.165) is 18.5 Å². The van der Waals surface area contributed by atoms with Crippen molar-refractivity contribution < 1.29 is 4.79 Å². The molecule has 0 saturated heterocycles. The molecular weight excluding hydrogens is 234 g/mol. The highest BCUT2D eigenvalue weighted by molar-refractivity contribution is 7.13. The lowest BCUT2D eigenvalue weighted by Crippen LogP contribution is -2.32. The Kier molecular flexibility index (Phi) is 6.47. The number of amides is 1. The summed E-state index contributed by atoms with van der Waals surface area (Å²) in [6.07, 6.45) is 2.01. The quantitative estimate of drug-likeness (QED) is 0.855. The second-order valence-electron chi connectivity index (χ2n) is 3.17. The standard InChI is InChI=1S/C9H15N3OS.ClH/c1-3-4-7-5-14-9(11-7)12-8(13)6(2)10;/h5-6H,3-4,10H2,1-2H3,(H,11,12,13);1H. The van der Waals surface area contributed by atoms with E-state index in [9.17, 15) is 4.79 Å². The van der Waals surface area contributed by atoms with E-state index in [4.69, 9.17) is 5.73 Å². The molecule has 0 aliphatic carbocycles. The summed E-state index contributed by atoms with van der Waals surface area (Å²) in [5.74, 6) is -0.192. The second-order valence-corrected chi connectivity index (χ2v) is 4.03. The van der Waals surface area contributed by atoms with Crippen LogP contribution in [-0.2, 0) is 11.2 Å². The van der Waals surface area contributed by atoms with E-state index in [-0.39, 0.29) is 18.3 Å². The zero-order valence-corrected chi connectivity index (χ0v) is 10.5. The number of carbonyl (C=O) groups excluding carboxylic acids is 1. The van der Waals surface area contributed by atoms with Crippen molar-refractivity contribution in [3.63, 3.8) is 0 Å². The second kappa shape index (κ2) is 6.76. The molecule has 1 amide bonds. The first-order valence-electron chi connectivity index (χ1n) is 4.64. The van der Waals surface area contributed by atoms with E-state index in [1.165, 1.54) is 11.3 Å². The summed E-state index contributed by atoms with van der Waals surface area (Å²) in [4.78, 5) is 15.5. The van der Waals surface area contributed by atoms with Crippen molar-refractivity contribution in [3.8, 4) is 0 Å². The molecule has 0 spiro atoms. The minimum atomic E-state index is -0.492. The van der Waals surface area contributed by atoms with Crippen LogP contribution < -0.4 is 11.1 Å². The number of aromatic nitrogens is 1. The Labute approximate surface area is 99.7 Å². The molecule has 1 aromatic heterocycles. The number of hydrogen-bond donors (Lipinski definition) is 2. The van der Waals surface area contributed by atoms with Gasteiger partial charge in [-0.3, -0.25) is 4.79 Å². The van der Waals surface area contributed by atoms with E-state index >= 15 is 0 Å². The van der Waals surface area contributed by atoms with Crippen LogP contribution in [0.3, 0.4) is 0 Å². The molecule has 1 rings (SSSR count). The van der Waals surface area contributed by atoms with E-state index in [0.29, 0.717) is 5.13 Å². The summed E-state index contributed by atoms with van der Waals surface area (Å²) < 4.78 is 0. The molecule has 1 heterocycles. The maximum atomic E-state index is 11.2. The fourth-order valence-corrected chi connectivity index (χ4v) is 1.70. The average molecular weight is 250 g/mol. The molecule has 0 aliphatic heterocycles. The van der Waals surface area contributed by atoms with Crippen LogP contribution in [0.1, 0.15) is 26.0 Å². The Balaban J connectivity index is 0.00000196. The third-order valence-corrected chi connectivity index (χ3v) is 2.51. The summed E-state index contributed by atoms with van der Waals surface area (Å²) in [6, 6.07) is -0.492. The molecule has 86 valence electrons. The molecule has 4 nitrogen and oxygen atoms in total. The first kappa shape index (κ1) is 14.3. The van der Waals surface area contributed by atoms with E-state index in [1.54, 1.807) is 6.92 Å². The van der Waals surface area contributed by atoms with Gasteiger partial charge in [0.2, 0.25) is 5.91 Å². The molecule has 0 bridgehead atoms. The number of nitrogens with two attached hydrogens (primary N) is 1. The van der Waals surface area contributed by atoms with Gasteiger partial charge in [-0.15, -0.1) is 23.7 Å². The highest BCUT2D eigenvalue weighted by Crippen LogP contribution is 2.16. The molecule has 3 N–H and O–H groups in total. The van der Waals surface area contributed by atoms with Crippen LogP contribution >= 0.6 is 23.7 Å². The first-order chi connectivity index (χ1) is 6.63. The predicted molar refractivity (Wildman–Crippen MR) is 65.6 cm³/mol. The van der Waals surface area contributed by atoms with Crippen molar-refractivity contribution in [2.24, 2.45) is 5.73 Å².